The zero-order valence-corrected chi connectivity index (χ0v) is 19.4. The van der Waals surface area contributed by atoms with Gasteiger partial charge in [-0.05, 0) is 35.8 Å². The Kier molecular flexibility index (Phi) is 10.4. The number of unbranched alkanes of at least 4 members (excludes halogenated alkanes) is 2. The number of nitrogens with zero attached hydrogens (tertiary/aromatic N) is 2. The third-order valence-corrected chi connectivity index (χ3v) is 7.51. The van der Waals surface area contributed by atoms with E-state index in [-0.39, 0.29) is 17.4 Å². The highest BCUT2D eigenvalue weighted by Crippen LogP contribution is 2.29. The minimum absolute atomic E-state index is 0.0484. The largest absolute Gasteiger partial charge is 0.747 e. The molecule has 1 saturated heterocycles. The first-order valence-corrected chi connectivity index (χ1v) is 13.5. The van der Waals surface area contributed by atoms with Gasteiger partial charge in [0.1, 0.15) is 20.4 Å². The predicted octanol–water partition coefficient (Wildman–Crippen LogP) is 1.02. The van der Waals surface area contributed by atoms with Gasteiger partial charge < -0.3 is 14.7 Å². The van der Waals surface area contributed by atoms with Crippen LogP contribution in [0.25, 0.3) is 0 Å². The van der Waals surface area contributed by atoms with Crippen molar-refractivity contribution in [2.45, 2.75) is 48.8 Å². The summed E-state index contributed by atoms with van der Waals surface area (Å²) in [4.78, 5) is 55.7. The number of hydrogen-bond donors (Lipinski definition) is 1. The number of amides is 3. The fraction of sp³-hybridized carbons (Fsp3) is 0.500. The van der Waals surface area contributed by atoms with Gasteiger partial charge in [0, 0.05) is 31.3 Å². The maximum absolute atomic E-state index is 11.8. The fourth-order valence-electron chi connectivity index (χ4n) is 2.57. The van der Waals surface area contributed by atoms with Crippen LogP contribution in [0.5, 0.6) is 0 Å². The molecule has 1 aliphatic rings. The van der Waals surface area contributed by atoms with Gasteiger partial charge in [-0.2, -0.15) is 0 Å². The van der Waals surface area contributed by atoms with Crippen molar-refractivity contribution in [3.05, 3.63) is 24.4 Å². The topological polar surface area (TPSA) is 163 Å². The van der Waals surface area contributed by atoms with Gasteiger partial charge in [-0.25, -0.2) is 18.2 Å². The van der Waals surface area contributed by atoms with Gasteiger partial charge in [-0.15, -0.1) is 5.06 Å². The molecule has 1 aromatic rings. The van der Waals surface area contributed by atoms with Crippen LogP contribution in [-0.4, -0.2) is 64.3 Å². The second-order valence-electron chi connectivity index (χ2n) is 6.66. The summed E-state index contributed by atoms with van der Waals surface area (Å²) in [6.07, 6.45) is 2.71. The summed E-state index contributed by atoms with van der Waals surface area (Å²) in [5.74, 6) is -2.72. The van der Waals surface area contributed by atoms with Crippen LogP contribution in [0.1, 0.15) is 38.5 Å². The van der Waals surface area contributed by atoms with Crippen LogP contribution in [0.15, 0.2) is 29.4 Å². The van der Waals surface area contributed by atoms with Crippen LogP contribution in [-0.2, 0) is 34.1 Å². The van der Waals surface area contributed by atoms with Crippen LogP contribution in [0.3, 0.4) is 0 Å². The molecular formula is C18H22N3O8S3-. The van der Waals surface area contributed by atoms with Gasteiger partial charge in [0.15, 0.2) is 0 Å². The van der Waals surface area contributed by atoms with Crippen molar-refractivity contribution in [3.63, 3.8) is 0 Å². The van der Waals surface area contributed by atoms with Gasteiger partial charge in [-0.1, -0.05) is 23.3 Å². The van der Waals surface area contributed by atoms with E-state index in [0.29, 0.717) is 38.0 Å². The highest BCUT2D eigenvalue weighted by atomic mass is 33.1. The number of carbonyl (C=O) groups excluding carboxylic acids is 4. The molecule has 1 N–H and O–H groups in total. The van der Waals surface area contributed by atoms with Crippen LogP contribution in [0, 0.1) is 0 Å². The summed E-state index contributed by atoms with van der Waals surface area (Å²) in [5, 5.41) is 1.65. The van der Waals surface area contributed by atoms with E-state index in [1.54, 1.807) is 6.20 Å². The van der Waals surface area contributed by atoms with E-state index >= 15 is 0 Å². The molecule has 0 saturated carbocycles. The lowest BCUT2D eigenvalue weighted by Gasteiger charge is -2.15. The third kappa shape index (κ3) is 8.76. The van der Waals surface area contributed by atoms with Gasteiger partial charge in [0.2, 0.25) is 5.91 Å². The Morgan fingerprint density at radius 1 is 1.22 bits per heavy atom. The van der Waals surface area contributed by atoms with Crippen molar-refractivity contribution in [2.75, 3.05) is 12.3 Å². The summed E-state index contributed by atoms with van der Waals surface area (Å²) < 4.78 is 32.8. The molecule has 11 nitrogen and oxygen atoms in total. The highest BCUT2D eigenvalue weighted by Gasteiger charge is 2.45. The number of carbonyl (C=O) groups is 4. The summed E-state index contributed by atoms with van der Waals surface area (Å²) in [6, 6.07) is 5.62. The minimum Gasteiger partial charge on any atom is -0.747 e. The monoisotopic (exact) mass is 504 g/mol. The Labute approximate surface area is 193 Å². The summed E-state index contributed by atoms with van der Waals surface area (Å²) in [6.45, 7) is 0.443. The zero-order valence-electron chi connectivity index (χ0n) is 16.9. The molecule has 32 heavy (non-hydrogen) atoms. The number of pyridine rings is 1. The van der Waals surface area contributed by atoms with Crippen LogP contribution < -0.4 is 5.32 Å². The average Bonchev–Trinajstić information content (AvgIpc) is 3.03. The minimum atomic E-state index is -5.00. The third-order valence-electron chi connectivity index (χ3n) is 4.18. The average molecular weight is 505 g/mol. The van der Waals surface area contributed by atoms with Gasteiger partial charge in [-0.3, -0.25) is 14.4 Å². The summed E-state index contributed by atoms with van der Waals surface area (Å²) in [5.41, 5.74) is 0. The molecule has 0 aromatic carbocycles. The van der Waals surface area contributed by atoms with E-state index in [0.717, 1.165) is 5.03 Å². The zero-order chi connectivity index (χ0) is 23.6. The SMILES string of the molecule is O=C(CCSSc1ccccn1)NCCCCCC(=O)ON1C(=O)CC(S(=O)(=O)[O-])C1=O. The van der Waals surface area contributed by atoms with Gasteiger partial charge >= 0.3 is 5.97 Å². The van der Waals surface area contributed by atoms with E-state index < -0.39 is 39.6 Å². The summed E-state index contributed by atoms with van der Waals surface area (Å²) >= 11 is 0. The van der Waals surface area contributed by atoms with E-state index in [1.165, 1.54) is 21.6 Å². The maximum Gasteiger partial charge on any atom is 0.333 e. The molecule has 2 heterocycles. The van der Waals surface area contributed by atoms with Gasteiger partial charge in [0.25, 0.3) is 11.8 Å². The van der Waals surface area contributed by atoms with Crippen molar-refractivity contribution in [3.8, 4) is 0 Å². The van der Waals surface area contributed by atoms with Crippen LogP contribution in [0.2, 0.25) is 0 Å². The van der Waals surface area contributed by atoms with E-state index in [9.17, 15) is 32.1 Å². The van der Waals surface area contributed by atoms with Crippen LogP contribution in [0.4, 0.5) is 0 Å². The molecule has 1 unspecified atom stereocenters. The highest BCUT2D eigenvalue weighted by molar-refractivity contribution is 8.76. The molecule has 2 rings (SSSR count). The van der Waals surface area contributed by atoms with Crippen LogP contribution >= 0.6 is 21.6 Å². The Morgan fingerprint density at radius 3 is 2.66 bits per heavy atom. The molecular weight excluding hydrogens is 482 g/mol. The van der Waals surface area contributed by atoms with E-state index in [2.05, 4.69) is 15.1 Å². The first-order chi connectivity index (χ1) is 15.2. The Morgan fingerprint density at radius 2 is 2.00 bits per heavy atom. The molecule has 14 heteroatoms. The number of nitrogens with one attached hydrogen (secondary N) is 1. The van der Waals surface area contributed by atoms with E-state index in [1.807, 2.05) is 18.2 Å². The van der Waals surface area contributed by atoms with E-state index in [4.69, 9.17) is 0 Å². The molecule has 0 bridgehead atoms. The number of imide groups is 1. The lowest BCUT2D eigenvalue weighted by molar-refractivity contribution is -0.197. The second-order valence-corrected chi connectivity index (χ2v) is 10.6. The molecule has 176 valence electrons. The molecule has 3 amide bonds. The van der Waals surface area contributed by atoms with Gasteiger partial charge in [0.05, 0.1) is 6.42 Å². The Balaban J connectivity index is 1.51. The number of hydroxylamine groups is 2. The van der Waals surface area contributed by atoms with Crippen molar-refractivity contribution in [1.29, 1.82) is 0 Å². The van der Waals surface area contributed by atoms with Crippen molar-refractivity contribution >= 4 is 55.4 Å². The first kappa shape index (κ1) is 26.1. The molecule has 1 aliphatic heterocycles. The lowest BCUT2D eigenvalue weighted by atomic mass is 10.2. The lowest BCUT2D eigenvalue weighted by Crippen LogP contribution is -2.36. The molecule has 0 aliphatic carbocycles. The Bertz CT molecular complexity index is 927. The Hall–Kier alpha value is -2.16. The van der Waals surface area contributed by atoms with Crippen molar-refractivity contribution in [1.82, 2.24) is 15.4 Å². The standard InChI is InChI=1S/C18H23N3O8S3/c22-14(8-11-30-31-15-6-3-5-10-20-15)19-9-4-1-2-7-17(24)29-21-16(23)12-13(18(21)25)32(26,27)28/h3,5-6,10,13H,1-2,4,7-9,11-12H2,(H,19,22)(H,26,27,28)/p-1. The molecule has 1 fully saturated rings. The first-order valence-electron chi connectivity index (χ1n) is 9.68. The number of hydrogen-bond acceptors (Lipinski definition) is 11. The smallest absolute Gasteiger partial charge is 0.333 e. The number of rotatable bonds is 13. The van der Waals surface area contributed by atoms with Crippen molar-refractivity contribution < 1.29 is 37.0 Å². The molecule has 1 aromatic heterocycles. The van der Waals surface area contributed by atoms with Crippen molar-refractivity contribution in [2.24, 2.45) is 0 Å². The molecule has 0 radical (unpaired) electrons. The molecule has 0 spiro atoms. The fourth-order valence-corrected chi connectivity index (χ4v) is 5.13. The normalized spacial score (nSPS) is 16.3. The number of aromatic nitrogens is 1. The summed E-state index contributed by atoms with van der Waals surface area (Å²) in [7, 11) is -1.96. The predicted molar refractivity (Wildman–Crippen MR) is 115 cm³/mol. The molecule has 1 atom stereocenters. The maximum atomic E-state index is 11.8. The quantitative estimate of drug-likeness (QED) is 0.176. The second kappa shape index (κ2) is 12.8.